The lowest BCUT2D eigenvalue weighted by Crippen LogP contribution is -2.31. The van der Waals surface area contributed by atoms with Crippen molar-refractivity contribution in [2.24, 2.45) is 0 Å². The molecule has 0 aromatic heterocycles. The molecule has 3 rings (SSSR count). The minimum absolute atomic E-state index is 0.0932. The minimum atomic E-state index is -1.19. The molecule has 0 aliphatic heterocycles. The molecule has 0 saturated heterocycles. The summed E-state index contributed by atoms with van der Waals surface area (Å²) in [5, 5.41) is 41.0. The van der Waals surface area contributed by atoms with Gasteiger partial charge >= 0.3 is 11.9 Å². The van der Waals surface area contributed by atoms with Crippen LogP contribution in [0.5, 0.6) is 11.5 Å². The fourth-order valence-electron chi connectivity index (χ4n) is 4.05. The van der Waals surface area contributed by atoms with Crippen LogP contribution in [0, 0.1) is 0 Å². The van der Waals surface area contributed by atoms with Gasteiger partial charge in [-0.3, -0.25) is 19.2 Å². The fraction of sp³-hybridized carbons (Fsp3) is 0.231. The van der Waals surface area contributed by atoms with E-state index in [2.05, 4.69) is 9.47 Å². The Morgan fingerprint density at radius 3 is 1.22 bits per heavy atom. The predicted molar refractivity (Wildman–Crippen MR) is 124 cm³/mol. The van der Waals surface area contributed by atoms with E-state index in [-0.39, 0.29) is 11.5 Å². The summed E-state index contributed by atoms with van der Waals surface area (Å²) in [6.45, 7) is 0. The summed E-state index contributed by atoms with van der Waals surface area (Å²) in [5.74, 6) is -8.29. The number of phenols is 2. The Hall–Kier alpha value is -4.60. The Kier molecular flexibility index (Phi) is 7.78. The highest BCUT2D eigenvalue weighted by Gasteiger charge is 2.43. The monoisotopic (exact) mass is 496 g/mol. The largest absolute Gasteiger partial charge is 0.508 e. The molecule has 4 N–H and O–H groups in total. The van der Waals surface area contributed by atoms with Crippen molar-refractivity contribution in [3.63, 3.8) is 0 Å². The Morgan fingerprint density at radius 2 is 0.944 bits per heavy atom. The van der Waals surface area contributed by atoms with Gasteiger partial charge in [-0.25, -0.2) is 0 Å². The van der Waals surface area contributed by atoms with E-state index in [1.807, 2.05) is 0 Å². The number of carbonyl (C=O) groups excluding carboxylic acids is 4. The Balaban J connectivity index is 2.14. The number of phenolic OH excluding ortho intramolecular Hbond substituents is 2. The number of aromatic hydroxyl groups is 2. The maximum absolute atomic E-state index is 13.4. The van der Waals surface area contributed by atoms with Gasteiger partial charge in [0.25, 0.3) is 0 Å². The summed E-state index contributed by atoms with van der Waals surface area (Å²) < 4.78 is 9.38. The lowest BCUT2D eigenvalue weighted by molar-refractivity contribution is -0.142. The van der Waals surface area contributed by atoms with Crippen LogP contribution in [0.2, 0.25) is 0 Å². The number of aliphatic hydroxyl groups excluding tert-OH is 2. The molecular formula is C26H24O10. The Bertz CT molecular complexity index is 1150. The van der Waals surface area contributed by atoms with Gasteiger partial charge < -0.3 is 29.9 Å². The molecule has 0 spiro atoms. The van der Waals surface area contributed by atoms with Gasteiger partial charge in [-0.1, -0.05) is 24.3 Å². The van der Waals surface area contributed by atoms with Crippen LogP contribution in [0.3, 0.4) is 0 Å². The maximum atomic E-state index is 13.4. The number of rotatable bonds is 8. The van der Waals surface area contributed by atoms with Crippen molar-refractivity contribution in [3.8, 4) is 11.5 Å². The van der Waals surface area contributed by atoms with E-state index in [0.717, 1.165) is 14.2 Å². The Labute approximate surface area is 205 Å². The van der Waals surface area contributed by atoms with Gasteiger partial charge in [0.05, 0.1) is 38.2 Å². The number of aliphatic hydroxyl groups is 2. The molecule has 0 radical (unpaired) electrons. The van der Waals surface area contributed by atoms with Gasteiger partial charge in [0.2, 0.25) is 11.6 Å². The van der Waals surface area contributed by atoms with E-state index in [0.29, 0.717) is 11.1 Å². The second-order valence-corrected chi connectivity index (χ2v) is 8.03. The van der Waals surface area contributed by atoms with Crippen molar-refractivity contribution >= 4 is 23.5 Å². The van der Waals surface area contributed by atoms with Crippen molar-refractivity contribution in [1.82, 2.24) is 0 Å². The van der Waals surface area contributed by atoms with E-state index in [9.17, 15) is 39.6 Å². The number of esters is 2. The molecule has 0 heterocycles. The first kappa shape index (κ1) is 26.0. The second kappa shape index (κ2) is 10.8. The first-order valence-corrected chi connectivity index (χ1v) is 10.8. The molecule has 0 amide bonds. The van der Waals surface area contributed by atoms with Crippen molar-refractivity contribution in [1.29, 1.82) is 0 Å². The van der Waals surface area contributed by atoms with E-state index in [1.165, 1.54) is 48.5 Å². The molecule has 0 fully saturated rings. The van der Waals surface area contributed by atoms with Crippen molar-refractivity contribution in [3.05, 3.63) is 82.3 Å². The molecular weight excluding hydrogens is 472 g/mol. The number of benzene rings is 2. The molecule has 0 bridgehead atoms. The zero-order chi connectivity index (χ0) is 26.6. The van der Waals surface area contributed by atoms with Crippen LogP contribution < -0.4 is 0 Å². The second-order valence-electron chi connectivity index (χ2n) is 8.03. The summed E-state index contributed by atoms with van der Waals surface area (Å²) in [6, 6.07) is 10.8. The fourth-order valence-corrected chi connectivity index (χ4v) is 4.05. The van der Waals surface area contributed by atoms with Crippen molar-refractivity contribution < 1.29 is 49.1 Å². The third kappa shape index (κ3) is 5.22. The van der Waals surface area contributed by atoms with E-state index >= 15 is 0 Å². The maximum Gasteiger partial charge on any atom is 0.306 e. The van der Waals surface area contributed by atoms with Crippen LogP contribution >= 0.6 is 0 Å². The first-order valence-electron chi connectivity index (χ1n) is 10.8. The van der Waals surface area contributed by atoms with Gasteiger partial charge in [0.1, 0.15) is 11.5 Å². The van der Waals surface area contributed by atoms with E-state index in [1.54, 1.807) is 0 Å². The number of hydrogen-bond donors (Lipinski definition) is 4. The average Bonchev–Trinajstić information content (AvgIpc) is 2.87. The molecule has 2 atom stereocenters. The molecule has 2 aromatic rings. The number of methoxy groups -OCH3 is 2. The highest BCUT2D eigenvalue weighted by molar-refractivity contribution is 6.24. The lowest BCUT2D eigenvalue weighted by Gasteiger charge is -2.27. The Morgan fingerprint density at radius 1 is 0.639 bits per heavy atom. The molecule has 36 heavy (non-hydrogen) atoms. The number of ether oxygens (including phenoxy) is 2. The summed E-state index contributed by atoms with van der Waals surface area (Å²) in [6.07, 6.45) is -0.905. The number of Topliss-reactive ketones (excluding diaryl/α,β-unsaturated/α-hetero) is 2. The highest BCUT2D eigenvalue weighted by atomic mass is 16.5. The normalized spacial score (nSPS) is 15.5. The van der Waals surface area contributed by atoms with Crippen LogP contribution in [0.15, 0.2) is 71.2 Å². The quantitative estimate of drug-likeness (QED) is 0.315. The van der Waals surface area contributed by atoms with Crippen molar-refractivity contribution in [2.75, 3.05) is 14.2 Å². The van der Waals surface area contributed by atoms with Gasteiger partial charge in [0.15, 0.2) is 11.5 Å². The van der Waals surface area contributed by atoms with Gasteiger partial charge in [0, 0.05) is 11.8 Å². The van der Waals surface area contributed by atoms with E-state index < -0.39 is 70.8 Å². The van der Waals surface area contributed by atoms with E-state index in [4.69, 9.17) is 0 Å². The van der Waals surface area contributed by atoms with Crippen LogP contribution in [-0.2, 0) is 28.7 Å². The third-order valence-electron chi connectivity index (χ3n) is 5.91. The smallest absolute Gasteiger partial charge is 0.306 e. The standard InChI is InChI=1S/C26H24O10/c1-35-19(29)11-17(13-3-7-15(27)8-4-13)21-23(31)25(33)22(26(34)24(21)32)18(12-20(30)36-2)14-5-9-16(28)10-6-14/h3-10,17-18,27-28,31,34H,11-12H2,1-2H3/t17-,18+. The molecule has 10 heteroatoms. The van der Waals surface area contributed by atoms with Gasteiger partial charge in [-0.2, -0.15) is 0 Å². The number of ketones is 2. The van der Waals surface area contributed by atoms with Gasteiger partial charge in [-0.05, 0) is 35.4 Å². The first-order chi connectivity index (χ1) is 17.1. The minimum Gasteiger partial charge on any atom is -0.508 e. The summed E-state index contributed by atoms with van der Waals surface area (Å²) in [5.41, 5.74) is -0.469. The molecule has 188 valence electrons. The average molecular weight is 496 g/mol. The zero-order valence-corrected chi connectivity index (χ0v) is 19.4. The lowest BCUT2D eigenvalue weighted by atomic mass is 9.76. The number of allylic oxidation sites excluding steroid dienone is 2. The SMILES string of the molecule is COC(=O)C[C@H](C1=C(O)C(=O)C([C@H](CC(=O)OC)c2ccc(O)cc2)=C(O)C1=O)c1ccc(O)cc1. The van der Waals surface area contributed by atoms with Gasteiger partial charge in [-0.15, -0.1) is 0 Å². The third-order valence-corrected chi connectivity index (χ3v) is 5.91. The predicted octanol–water partition coefficient (Wildman–Crippen LogP) is 2.87. The molecule has 0 unspecified atom stereocenters. The number of carbonyl (C=O) groups is 4. The molecule has 2 aromatic carbocycles. The zero-order valence-electron chi connectivity index (χ0n) is 19.4. The summed E-state index contributed by atoms with van der Waals surface area (Å²) in [7, 11) is 2.26. The topological polar surface area (TPSA) is 168 Å². The highest BCUT2D eigenvalue weighted by Crippen LogP contribution is 2.41. The molecule has 0 saturated carbocycles. The van der Waals surface area contributed by atoms with Crippen LogP contribution in [0.25, 0.3) is 0 Å². The molecule has 10 nitrogen and oxygen atoms in total. The molecule has 1 aliphatic carbocycles. The summed E-state index contributed by atoms with van der Waals surface area (Å²) in [4.78, 5) is 50.9. The van der Waals surface area contributed by atoms with Crippen molar-refractivity contribution in [2.45, 2.75) is 24.7 Å². The van der Waals surface area contributed by atoms with Crippen LogP contribution in [0.4, 0.5) is 0 Å². The van der Waals surface area contributed by atoms with Crippen LogP contribution in [0.1, 0.15) is 35.8 Å². The number of hydrogen-bond acceptors (Lipinski definition) is 10. The summed E-state index contributed by atoms with van der Waals surface area (Å²) >= 11 is 0. The molecule has 1 aliphatic rings. The van der Waals surface area contributed by atoms with Crippen LogP contribution in [-0.4, -0.2) is 58.2 Å².